The third-order valence-electron chi connectivity index (χ3n) is 4.12. The molecule has 6 heteroatoms. The summed E-state index contributed by atoms with van der Waals surface area (Å²) in [7, 11) is 1.33. The van der Waals surface area contributed by atoms with E-state index in [0.717, 1.165) is 29.7 Å². The van der Waals surface area contributed by atoms with E-state index in [1.165, 1.54) is 7.11 Å². The van der Waals surface area contributed by atoms with Gasteiger partial charge < -0.3 is 10.1 Å². The van der Waals surface area contributed by atoms with Crippen molar-refractivity contribution in [3.63, 3.8) is 0 Å². The molecule has 2 heterocycles. The predicted octanol–water partition coefficient (Wildman–Crippen LogP) is 3.63. The van der Waals surface area contributed by atoms with Crippen molar-refractivity contribution < 1.29 is 14.3 Å². The minimum atomic E-state index is -0.412. The van der Waals surface area contributed by atoms with Crippen molar-refractivity contribution >= 4 is 23.2 Å². The SMILES string of the molecule is CCCc1nc2cc(C)ccn2c1C(=O)Nc1ccc(C(=O)OC)cc1. The van der Waals surface area contributed by atoms with Gasteiger partial charge in [0.1, 0.15) is 11.3 Å². The zero-order chi connectivity index (χ0) is 18.7. The molecule has 0 spiro atoms. The summed E-state index contributed by atoms with van der Waals surface area (Å²) in [5.41, 5.74) is 4.21. The van der Waals surface area contributed by atoms with Crippen LogP contribution in [0.5, 0.6) is 0 Å². The molecule has 0 saturated carbocycles. The first-order chi connectivity index (χ1) is 12.5. The number of benzene rings is 1. The molecular formula is C20H21N3O3. The van der Waals surface area contributed by atoms with Crippen LogP contribution in [0.25, 0.3) is 5.65 Å². The normalized spacial score (nSPS) is 10.7. The summed E-state index contributed by atoms with van der Waals surface area (Å²) in [6.07, 6.45) is 3.49. The number of amides is 1. The third kappa shape index (κ3) is 3.44. The first-order valence-corrected chi connectivity index (χ1v) is 8.50. The van der Waals surface area contributed by atoms with E-state index in [9.17, 15) is 9.59 Å². The molecule has 3 rings (SSSR count). The van der Waals surface area contributed by atoms with E-state index in [1.54, 1.807) is 24.3 Å². The highest BCUT2D eigenvalue weighted by atomic mass is 16.5. The van der Waals surface area contributed by atoms with E-state index < -0.39 is 5.97 Å². The molecule has 1 amide bonds. The van der Waals surface area contributed by atoms with Crippen LogP contribution < -0.4 is 5.32 Å². The van der Waals surface area contributed by atoms with Crippen LogP contribution in [0.4, 0.5) is 5.69 Å². The van der Waals surface area contributed by atoms with E-state index >= 15 is 0 Å². The first-order valence-electron chi connectivity index (χ1n) is 8.50. The van der Waals surface area contributed by atoms with E-state index in [0.29, 0.717) is 16.9 Å². The van der Waals surface area contributed by atoms with E-state index in [2.05, 4.69) is 22.0 Å². The van der Waals surface area contributed by atoms with Gasteiger partial charge >= 0.3 is 5.97 Å². The van der Waals surface area contributed by atoms with Gasteiger partial charge in [-0.05, 0) is 55.3 Å². The lowest BCUT2D eigenvalue weighted by atomic mass is 10.2. The number of carbonyl (C=O) groups is 2. The van der Waals surface area contributed by atoms with Crippen molar-refractivity contribution in [3.05, 3.63) is 65.1 Å². The Kier molecular flexibility index (Phi) is 5.02. The molecular weight excluding hydrogens is 330 g/mol. The predicted molar refractivity (Wildman–Crippen MR) is 99.7 cm³/mol. The molecule has 0 fully saturated rings. The average molecular weight is 351 g/mol. The van der Waals surface area contributed by atoms with Gasteiger partial charge in [-0.3, -0.25) is 9.20 Å². The first kappa shape index (κ1) is 17.7. The molecule has 1 aromatic carbocycles. The molecule has 0 radical (unpaired) electrons. The number of pyridine rings is 1. The second-order valence-corrected chi connectivity index (χ2v) is 6.11. The summed E-state index contributed by atoms with van der Waals surface area (Å²) in [4.78, 5) is 29.0. The zero-order valence-electron chi connectivity index (χ0n) is 15.1. The van der Waals surface area contributed by atoms with Gasteiger partial charge in [-0.15, -0.1) is 0 Å². The number of anilines is 1. The lowest BCUT2D eigenvalue weighted by Gasteiger charge is -2.08. The monoisotopic (exact) mass is 351 g/mol. The second kappa shape index (κ2) is 7.39. The highest BCUT2D eigenvalue weighted by Crippen LogP contribution is 2.18. The Morgan fingerprint density at radius 2 is 1.92 bits per heavy atom. The fraction of sp³-hybridized carbons (Fsp3) is 0.250. The molecule has 0 unspecified atom stereocenters. The van der Waals surface area contributed by atoms with Crippen LogP contribution in [0.15, 0.2) is 42.6 Å². The number of esters is 1. The van der Waals surface area contributed by atoms with Crippen LogP contribution in [0.3, 0.4) is 0 Å². The largest absolute Gasteiger partial charge is 0.465 e. The van der Waals surface area contributed by atoms with Crippen LogP contribution in [-0.4, -0.2) is 28.4 Å². The molecule has 0 aliphatic rings. The van der Waals surface area contributed by atoms with Gasteiger partial charge in [-0.2, -0.15) is 0 Å². The van der Waals surface area contributed by atoms with Crippen molar-refractivity contribution in [2.75, 3.05) is 12.4 Å². The van der Waals surface area contributed by atoms with Crippen molar-refractivity contribution in [2.24, 2.45) is 0 Å². The van der Waals surface area contributed by atoms with Crippen LogP contribution >= 0.6 is 0 Å². The number of aryl methyl sites for hydroxylation is 2. The molecule has 0 bridgehead atoms. The lowest BCUT2D eigenvalue weighted by Crippen LogP contribution is -2.16. The fourth-order valence-corrected chi connectivity index (χ4v) is 2.84. The Morgan fingerprint density at radius 3 is 2.58 bits per heavy atom. The number of ether oxygens (including phenoxy) is 1. The van der Waals surface area contributed by atoms with E-state index in [-0.39, 0.29) is 5.91 Å². The van der Waals surface area contributed by atoms with Crippen molar-refractivity contribution in [1.82, 2.24) is 9.38 Å². The Morgan fingerprint density at radius 1 is 1.19 bits per heavy atom. The molecule has 0 saturated heterocycles. The van der Waals surface area contributed by atoms with Crippen LogP contribution in [0.2, 0.25) is 0 Å². The molecule has 134 valence electrons. The number of aromatic nitrogens is 2. The van der Waals surface area contributed by atoms with Gasteiger partial charge in [0.2, 0.25) is 0 Å². The molecule has 3 aromatic rings. The van der Waals surface area contributed by atoms with E-state index in [4.69, 9.17) is 0 Å². The van der Waals surface area contributed by atoms with Crippen LogP contribution in [0.1, 0.15) is 45.4 Å². The minimum absolute atomic E-state index is 0.226. The number of nitrogens with one attached hydrogen (secondary N) is 1. The summed E-state index contributed by atoms with van der Waals surface area (Å²) < 4.78 is 6.49. The highest BCUT2D eigenvalue weighted by Gasteiger charge is 2.19. The van der Waals surface area contributed by atoms with Crippen molar-refractivity contribution in [1.29, 1.82) is 0 Å². The maximum Gasteiger partial charge on any atom is 0.337 e. The molecule has 0 atom stereocenters. The number of methoxy groups -OCH3 is 1. The Bertz CT molecular complexity index is 958. The molecule has 1 N–H and O–H groups in total. The average Bonchev–Trinajstić information content (AvgIpc) is 2.99. The van der Waals surface area contributed by atoms with Gasteiger partial charge in [0.15, 0.2) is 0 Å². The molecule has 2 aromatic heterocycles. The number of hydrogen-bond donors (Lipinski definition) is 1. The van der Waals surface area contributed by atoms with Gasteiger partial charge in [0, 0.05) is 11.9 Å². The molecule has 0 aliphatic heterocycles. The molecule has 26 heavy (non-hydrogen) atoms. The number of rotatable bonds is 5. The minimum Gasteiger partial charge on any atom is -0.465 e. The van der Waals surface area contributed by atoms with Crippen molar-refractivity contribution in [2.45, 2.75) is 26.7 Å². The summed E-state index contributed by atoms with van der Waals surface area (Å²) in [6.45, 7) is 4.05. The number of carbonyl (C=O) groups excluding carboxylic acids is 2. The number of hydrogen-bond acceptors (Lipinski definition) is 4. The topological polar surface area (TPSA) is 72.7 Å². The standard InChI is InChI=1S/C20H21N3O3/c1-4-5-16-18(23-11-10-13(2)12-17(23)22-16)19(24)21-15-8-6-14(7-9-15)20(25)26-3/h6-12H,4-5H2,1-3H3,(H,21,24). The summed E-state index contributed by atoms with van der Waals surface area (Å²) in [6, 6.07) is 10.5. The highest BCUT2D eigenvalue weighted by molar-refractivity contribution is 6.04. The van der Waals surface area contributed by atoms with Crippen LogP contribution in [0, 0.1) is 6.92 Å². The van der Waals surface area contributed by atoms with Gasteiger partial charge in [-0.25, -0.2) is 9.78 Å². The van der Waals surface area contributed by atoms with Crippen LogP contribution in [-0.2, 0) is 11.2 Å². The number of nitrogens with zero attached hydrogens (tertiary/aromatic N) is 2. The van der Waals surface area contributed by atoms with Gasteiger partial charge in [-0.1, -0.05) is 13.3 Å². The number of imidazole rings is 1. The van der Waals surface area contributed by atoms with Crippen molar-refractivity contribution in [3.8, 4) is 0 Å². The zero-order valence-corrected chi connectivity index (χ0v) is 15.1. The van der Waals surface area contributed by atoms with E-state index in [1.807, 2.05) is 29.7 Å². The maximum absolute atomic E-state index is 12.9. The Balaban J connectivity index is 1.91. The maximum atomic E-state index is 12.9. The van der Waals surface area contributed by atoms with Gasteiger partial charge in [0.25, 0.3) is 5.91 Å². The smallest absolute Gasteiger partial charge is 0.337 e. The Labute approximate surface area is 151 Å². The quantitative estimate of drug-likeness (QED) is 0.713. The second-order valence-electron chi connectivity index (χ2n) is 6.11. The lowest BCUT2D eigenvalue weighted by molar-refractivity contribution is 0.0600. The fourth-order valence-electron chi connectivity index (χ4n) is 2.84. The summed E-state index contributed by atoms with van der Waals surface area (Å²) in [5.74, 6) is -0.638. The summed E-state index contributed by atoms with van der Waals surface area (Å²) in [5, 5.41) is 2.88. The Hall–Kier alpha value is -3.15. The third-order valence-corrected chi connectivity index (χ3v) is 4.12. The summed E-state index contributed by atoms with van der Waals surface area (Å²) >= 11 is 0. The van der Waals surface area contributed by atoms with Gasteiger partial charge in [0.05, 0.1) is 18.4 Å². The molecule has 0 aliphatic carbocycles. The number of fused-ring (bicyclic) bond motifs is 1. The molecule has 6 nitrogen and oxygen atoms in total.